The minimum Gasteiger partial charge on any atom is -0.455 e. The average molecular weight is 282 g/mol. The summed E-state index contributed by atoms with van der Waals surface area (Å²) >= 11 is 0. The van der Waals surface area contributed by atoms with Gasteiger partial charge in [-0.3, -0.25) is 4.98 Å². The number of aromatic nitrogens is 1. The van der Waals surface area contributed by atoms with Crippen LogP contribution >= 0.6 is 0 Å². The number of fused-ring (bicyclic) bond motifs is 1. The van der Waals surface area contributed by atoms with Gasteiger partial charge in [-0.05, 0) is 37.3 Å². The summed E-state index contributed by atoms with van der Waals surface area (Å²) in [5, 5.41) is 0.986. The number of hydrogen-bond acceptors (Lipinski definition) is 3. The largest absolute Gasteiger partial charge is 0.455 e. The van der Waals surface area contributed by atoms with Crippen molar-refractivity contribution < 1.29 is 9.13 Å². The molecule has 1 atom stereocenters. The average Bonchev–Trinajstić information content (AvgIpc) is 2.49. The third-order valence-electron chi connectivity index (χ3n) is 3.28. The maximum atomic E-state index is 13.4. The molecule has 0 fully saturated rings. The van der Waals surface area contributed by atoms with Gasteiger partial charge in [0.05, 0.1) is 0 Å². The molecule has 1 heterocycles. The first-order chi connectivity index (χ1) is 10.1. The number of nitrogens with zero attached hydrogens (tertiary/aromatic N) is 1. The second-order valence-corrected chi connectivity index (χ2v) is 4.90. The van der Waals surface area contributed by atoms with Crippen LogP contribution in [0.2, 0.25) is 0 Å². The van der Waals surface area contributed by atoms with Gasteiger partial charge in [-0.2, -0.15) is 0 Å². The van der Waals surface area contributed by atoms with Gasteiger partial charge in [-0.1, -0.05) is 18.2 Å². The van der Waals surface area contributed by atoms with Crippen molar-refractivity contribution in [1.29, 1.82) is 0 Å². The Kier molecular flexibility index (Phi) is 3.54. The lowest BCUT2D eigenvalue weighted by molar-refractivity contribution is 0.473. The van der Waals surface area contributed by atoms with Crippen molar-refractivity contribution in [3.8, 4) is 11.5 Å². The van der Waals surface area contributed by atoms with Gasteiger partial charge in [0, 0.05) is 23.2 Å². The van der Waals surface area contributed by atoms with Crippen molar-refractivity contribution in [2.75, 3.05) is 0 Å². The summed E-state index contributed by atoms with van der Waals surface area (Å²) in [6.45, 7) is 1.79. The Hall–Kier alpha value is -2.46. The maximum absolute atomic E-state index is 13.4. The minimum atomic E-state index is -0.328. The predicted molar refractivity (Wildman–Crippen MR) is 80.8 cm³/mol. The van der Waals surface area contributed by atoms with E-state index in [1.54, 1.807) is 19.2 Å². The second-order valence-electron chi connectivity index (χ2n) is 4.90. The highest BCUT2D eigenvalue weighted by Gasteiger charge is 2.12. The molecule has 0 aliphatic rings. The Bertz CT molecular complexity index is 781. The summed E-state index contributed by atoms with van der Waals surface area (Å²) in [7, 11) is 0. The fourth-order valence-electron chi connectivity index (χ4n) is 2.25. The molecule has 4 heteroatoms. The number of pyridine rings is 1. The molecule has 2 aromatic carbocycles. The zero-order valence-corrected chi connectivity index (χ0v) is 11.6. The summed E-state index contributed by atoms with van der Waals surface area (Å²) in [4.78, 5) is 4.34. The molecule has 3 rings (SSSR count). The molecule has 0 saturated heterocycles. The van der Waals surface area contributed by atoms with E-state index in [1.807, 2.05) is 30.3 Å². The van der Waals surface area contributed by atoms with E-state index in [1.165, 1.54) is 12.1 Å². The number of rotatable bonds is 3. The molecule has 21 heavy (non-hydrogen) atoms. The third kappa shape index (κ3) is 2.71. The minimum absolute atomic E-state index is 0.321. The highest BCUT2D eigenvalue weighted by molar-refractivity contribution is 5.84. The molecule has 1 unspecified atom stereocenters. The summed E-state index contributed by atoms with van der Waals surface area (Å²) < 4.78 is 19.3. The smallest absolute Gasteiger partial charge is 0.153 e. The highest BCUT2D eigenvalue weighted by atomic mass is 19.1. The monoisotopic (exact) mass is 282 g/mol. The lowest BCUT2D eigenvalue weighted by Gasteiger charge is -2.14. The van der Waals surface area contributed by atoms with Gasteiger partial charge in [0.15, 0.2) is 5.75 Å². The standard InChI is InChI=1S/C17H15FN2O/c1-11(19)14-10-13(18)7-8-15(14)21-16-6-2-4-12-5-3-9-20-17(12)16/h2-11H,19H2,1H3. The Morgan fingerprint density at radius 1 is 1.10 bits per heavy atom. The van der Waals surface area contributed by atoms with E-state index < -0.39 is 0 Å². The third-order valence-corrected chi connectivity index (χ3v) is 3.28. The van der Waals surface area contributed by atoms with Crippen LogP contribution in [0.1, 0.15) is 18.5 Å². The first kappa shape index (κ1) is 13.5. The molecule has 0 amide bonds. The molecule has 0 saturated carbocycles. The Morgan fingerprint density at radius 3 is 2.71 bits per heavy atom. The van der Waals surface area contributed by atoms with Crippen LogP contribution < -0.4 is 10.5 Å². The summed E-state index contributed by atoms with van der Waals surface area (Å²) in [6.07, 6.45) is 1.71. The van der Waals surface area contributed by atoms with Crippen molar-refractivity contribution in [3.05, 3.63) is 66.1 Å². The van der Waals surface area contributed by atoms with Crippen LogP contribution in [-0.2, 0) is 0 Å². The van der Waals surface area contributed by atoms with Gasteiger partial charge >= 0.3 is 0 Å². The number of nitrogens with two attached hydrogens (primary N) is 1. The molecule has 2 N–H and O–H groups in total. The molecular weight excluding hydrogens is 267 g/mol. The first-order valence-corrected chi connectivity index (χ1v) is 6.72. The van der Waals surface area contributed by atoms with Crippen molar-refractivity contribution in [2.45, 2.75) is 13.0 Å². The zero-order valence-electron chi connectivity index (χ0n) is 11.6. The van der Waals surface area contributed by atoms with E-state index in [-0.39, 0.29) is 11.9 Å². The van der Waals surface area contributed by atoms with Crippen LogP contribution in [0.4, 0.5) is 4.39 Å². The topological polar surface area (TPSA) is 48.1 Å². The van der Waals surface area contributed by atoms with Gasteiger partial charge in [0.2, 0.25) is 0 Å². The number of ether oxygens (including phenoxy) is 1. The highest BCUT2D eigenvalue weighted by Crippen LogP contribution is 2.32. The van der Waals surface area contributed by atoms with Crippen molar-refractivity contribution in [2.24, 2.45) is 5.73 Å². The van der Waals surface area contributed by atoms with E-state index in [0.717, 1.165) is 10.9 Å². The molecule has 3 nitrogen and oxygen atoms in total. The van der Waals surface area contributed by atoms with E-state index in [9.17, 15) is 4.39 Å². The fraction of sp³-hybridized carbons (Fsp3) is 0.118. The molecule has 0 radical (unpaired) electrons. The molecule has 0 bridgehead atoms. The van der Waals surface area contributed by atoms with Crippen LogP contribution in [0.5, 0.6) is 11.5 Å². The van der Waals surface area contributed by atoms with E-state index in [2.05, 4.69) is 4.98 Å². The molecule has 0 spiro atoms. The van der Waals surface area contributed by atoms with Crippen LogP contribution in [0.3, 0.4) is 0 Å². The van der Waals surface area contributed by atoms with Gasteiger partial charge in [-0.15, -0.1) is 0 Å². The maximum Gasteiger partial charge on any atom is 0.153 e. The number of para-hydroxylation sites is 1. The van der Waals surface area contributed by atoms with Crippen molar-refractivity contribution in [1.82, 2.24) is 4.98 Å². The summed E-state index contributed by atoms with van der Waals surface area (Å²) in [5.74, 6) is 0.844. The van der Waals surface area contributed by atoms with Crippen molar-refractivity contribution >= 4 is 10.9 Å². The number of benzene rings is 2. The normalized spacial score (nSPS) is 12.3. The van der Waals surface area contributed by atoms with Gasteiger partial charge in [0.1, 0.15) is 17.1 Å². The van der Waals surface area contributed by atoms with Crippen LogP contribution in [-0.4, -0.2) is 4.98 Å². The number of halogens is 1. The zero-order chi connectivity index (χ0) is 14.8. The van der Waals surface area contributed by atoms with Crippen LogP contribution in [0.25, 0.3) is 10.9 Å². The van der Waals surface area contributed by atoms with E-state index >= 15 is 0 Å². The fourth-order valence-corrected chi connectivity index (χ4v) is 2.25. The molecular formula is C17H15FN2O. The summed E-state index contributed by atoms with van der Waals surface area (Å²) in [5.41, 5.74) is 7.28. The Morgan fingerprint density at radius 2 is 1.90 bits per heavy atom. The second kappa shape index (κ2) is 5.50. The lowest BCUT2D eigenvalue weighted by atomic mass is 10.1. The lowest BCUT2D eigenvalue weighted by Crippen LogP contribution is -2.07. The van der Waals surface area contributed by atoms with Crippen LogP contribution in [0.15, 0.2) is 54.7 Å². The molecule has 0 aliphatic heterocycles. The predicted octanol–water partition coefficient (Wildman–Crippen LogP) is 4.19. The first-order valence-electron chi connectivity index (χ1n) is 6.72. The number of hydrogen-bond donors (Lipinski definition) is 1. The van der Waals surface area contributed by atoms with Crippen LogP contribution in [0, 0.1) is 5.82 Å². The van der Waals surface area contributed by atoms with E-state index in [4.69, 9.17) is 10.5 Å². The van der Waals surface area contributed by atoms with Gasteiger partial charge in [0.25, 0.3) is 0 Å². The molecule has 3 aromatic rings. The quantitative estimate of drug-likeness (QED) is 0.783. The summed E-state index contributed by atoms with van der Waals surface area (Å²) in [6, 6.07) is 13.6. The Labute approximate surface area is 122 Å². The van der Waals surface area contributed by atoms with E-state index in [0.29, 0.717) is 17.1 Å². The molecule has 1 aromatic heterocycles. The van der Waals surface area contributed by atoms with Crippen molar-refractivity contribution in [3.63, 3.8) is 0 Å². The Balaban J connectivity index is 2.07. The molecule has 106 valence electrons. The SMILES string of the molecule is CC(N)c1cc(F)ccc1Oc1cccc2cccnc12. The van der Waals surface area contributed by atoms with Gasteiger partial charge in [-0.25, -0.2) is 4.39 Å². The van der Waals surface area contributed by atoms with Gasteiger partial charge < -0.3 is 10.5 Å². The molecule has 0 aliphatic carbocycles.